The van der Waals surface area contributed by atoms with Crippen molar-refractivity contribution in [2.24, 2.45) is 0 Å². The van der Waals surface area contributed by atoms with Crippen LogP contribution < -0.4 is 0 Å². The molecule has 0 aromatic rings. The van der Waals surface area contributed by atoms with Crippen LogP contribution in [0.15, 0.2) is 97.2 Å². The topological polar surface area (TPSA) is 78.9 Å². The summed E-state index contributed by atoms with van der Waals surface area (Å²) >= 11 is 0. The van der Waals surface area contributed by atoms with Gasteiger partial charge < -0.3 is 14.2 Å². The van der Waals surface area contributed by atoms with E-state index in [9.17, 15) is 14.4 Å². The number of hydrogen-bond donors (Lipinski definition) is 0. The van der Waals surface area contributed by atoms with Gasteiger partial charge in [0.2, 0.25) is 0 Å². The van der Waals surface area contributed by atoms with Crippen LogP contribution in [0, 0.1) is 0 Å². The van der Waals surface area contributed by atoms with Crippen LogP contribution in [0.2, 0.25) is 0 Å². The monoisotopic (exact) mass is 903 g/mol. The summed E-state index contributed by atoms with van der Waals surface area (Å²) in [6, 6.07) is 0. The SMILES string of the molecule is CCCCC/C=C\C/C=C\C/C=C\CCCCC(=O)OC[C@H](COC(=O)CCCCCCCCC/C=C\C/C=C\CCCCC)OC(=O)CCCC/C=C\C/C=C\C/C=C\CCCCC. The first-order valence-corrected chi connectivity index (χ1v) is 26.7. The van der Waals surface area contributed by atoms with Crippen LogP contribution in [-0.4, -0.2) is 37.2 Å². The minimum absolute atomic E-state index is 0.110. The summed E-state index contributed by atoms with van der Waals surface area (Å²) in [6.45, 7) is 6.48. The number of carbonyl (C=O) groups excluding carboxylic acids is 3. The van der Waals surface area contributed by atoms with Gasteiger partial charge in [0.25, 0.3) is 0 Å². The molecule has 1 atom stereocenters. The van der Waals surface area contributed by atoms with Crippen molar-refractivity contribution in [1.82, 2.24) is 0 Å². The molecule has 0 rings (SSSR count). The Morgan fingerprint density at radius 1 is 0.308 bits per heavy atom. The molecule has 0 fully saturated rings. The second kappa shape index (κ2) is 52.9. The van der Waals surface area contributed by atoms with Crippen molar-refractivity contribution in [1.29, 1.82) is 0 Å². The molecule has 65 heavy (non-hydrogen) atoms. The first kappa shape index (κ1) is 61.3. The molecule has 0 spiro atoms. The molecule has 6 nitrogen and oxygen atoms in total. The molecule has 0 bridgehead atoms. The minimum Gasteiger partial charge on any atom is -0.462 e. The molecule has 0 aliphatic heterocycles. The standard InChI is InChI=1S/C59H98O6/c1-4-7-10-13-16-19-22-25-28-29-32-34-37-40-43-46-49-52-58(61)64-55-56(65-59(62)53-50-47-44-41-38-35-31-27-24-21-18-15-12-9-6-3)54-63-57(60)51-48-45-42-39-36-33-30-26-23-20-17-14-11-8-5-2/h16-21,25-28,30-31,36,38-39,41,56H,4-15,22-24,29,32-35,37,40,42-55H2,1-3H3/b19-16-,20-17-,21-18-,28-25-,30-26-,31-27-,39-36-,41-38-/t56-/m1/s1. The first-order valence-electron chi connectivity index (χ1n) is 26.7. The van der Waals surface area contributed by atoms with E-state index in [4.69, 9.17) is 14.2 Å². The van der Waals surface area contributed by atoms with Crippen LogP contribution in [0.4, 0.5) is 0 Å². The van der Waals surface area contributed by atoms with Gasteiger partial charge in [-0.2, -0.15) is 0 Å². The lowest BCUT2D eigenvalue weighted by atomic mass is 10.1. The van der Waals surface area contributed by atoms with E-state index in [1.54, 1.807) is 0 Å². The zero-order chi connectivity index (χ0) is 47.2. The maximum atomic E-state index is 12.8. The highest BCUT2D eigenvalue weighted by Gasteiger charge is 2.19. The number of rotatable bonds is 47. The fourth-order valence-corrected chi connectivity index (χ4v) is 6.95. The molecule has 0 unspecified atom stereocenters. The van der Waals surface area contributed by atoms with E-state index in [0.717, 1.165) is 89.9 Å². The predicted molar refractivity (Wildman–Crippen MR) is 279 cm³/mol. The maximum Gasteiger partial charge on any atom is 0.306 e. The van der Waals surface area contributed by atoms with Gasteiger partial charge in [-0.15, -0.1) is 0 Å². The summed E-state index contributed by atoms with van der Waals surface area (Å²) in [5.74, 6) is -0.998. The third-order valence-electron chi connectivity index (χ3n) is 11.0. The Morgan fingerprint density at radius 2 is 0.554 bits per heavy atom. The minimum atomic E-state index is -0.817. The Bertz CT molecular complexity index is 1310. The van der Waals surface area contributed by atoms with Crippen molar-refractivity contribution >= 4 is 17.9 Å². The second-order valence-electron chi connectivity index (χ2n) is 17.4. The van der Waals surface area contributed by atoms with E-state index in [1.165, 1.54) is 103 Å². The Morgan fingerprint density at radius 3 is 0.892 bits per heavy atom. The normalized spacial score (nSPS) is 12.8. The smallest absolute Gasteiger partial charge is 0.306 e. The summed E-state index contributed by atoms with van der Waals surface area (Å²) < 4.78 is 16.7. The summed E-state index contributed by atoms with van der Waals surface area (Å²) in [5, 5.41) is 0. The van der Waals surface area contributed by atoms with Crippen LogP contribution in [0.1, 0.15) is 239 Å². The van der Waals surface area contributed by atoms with E-state index in [0.29, 0.717) is 19.3 Å². The zero-order valence-electron chi connectivity index (χ0n) is 42.2. The number of hydrogen-bond acceptors (Lipinski definition) is 6. The third-order valence-corrected chi connectivity index (χ3v) is 11.0. The molecule has 0 aromatic heterocycles. The lowest BCUT2D eigenvalue weighted by Crippen LogP contribution is -2.30. The largest absolute Gasteiger partial charge is 0.462 e. The third kappa shape index (κ3) is 51.2. The van der Waals surface area contributed by atoms with Gasteiger partial charge in [-0.3, -0.25) is 14.4 Å². The van der Waals surface area contributed by atoms with Crippen LogP contribution in [0.5, 0.6) is 0 Å². The molecule has 6 heteroatoms. The van der Waals surface area contributed by atoms with Crippen LogP contribution >= 0.6 is 0 Å². The van der Waals surface area contributed by atoms with Gasteiger partial charge in [-0.25, -0.2) is 0 Å². The number of esters is 3. The molecule has 0 radical (unpaired) electrons. The van der Waals surface area contributed by atoms with Crippen LogP contribution in [0.3, 0.4) is 0 Å². The Kier molecular flexibility index (Phi) is 50.0. The molecule has 0 amide bonds. The van der Waals surface area contributed by atoms with Gasteiger partial charge in [0, 0.05) is 19.3 Å². The second-order valence-corrected chi connectivity index (χ2v) is 17.4. The molecular weight excluding hydrogens is 805 g/mol. The molecule has 0 aromatic carbocycles. The van der Waals surface area contributed by atoms with E-state index in [-0.39, 0.29) is 37.5 Å². The summed E-state index contributed by atoms with van der Waals surface area (Å²) in [6.07, 6.45) is 69.6. The van der Waals surface area contributed by atoms with E-state index >= 15 is 0 Å². The molecule has 0 aliphatic carbocycles. The van der Waals surface area contributed by atoms with Crippen LogP contribution in [0.25, 0.3) is 0 Å². The molecule has 370 valence electrons. The predicted octanol–water partition coefficient (Wildman–Crippen LogP) is 17.8. The van der Waals surface area contributed by atoms with Crippen LogP contribution in [-0.2, 0) is 28.6 Å². The average molecular weight is 903 g/mol. The summed E-state index contributed by atoms with van der Waals surface area (Å²) in [7, 11) is 0. The lowest BCUT2D eigenvalue weighted by molar-refractivity contribution is -0.167. The van der Waals surface area contributed by atoms with Crippen molar-refractivity contribution < 1.29 is 28.6 Å². The molecule has 0 heterocycles. The fraction of sp³-hybridized carbons (Fsp3) is 0.678. The van der Waals surface area contributed by atoms with E-state index in [2.05, 4.69) is 118 Å². The highest BCUT2D eigenvalue weighted by Crippen LogP contribution is 2.13. The van der Waals surface area contributed by atoms with E-state index < -0.39 is 6.10 Å². The Hall–Kier alpha value is -3.67. The molecule has 0 N–H and O–H groups in total. The molecule has 0 aliphatic rings. The average Bonchev–Trinajstić information content (AvgIpc) is 3.30. The Balaban J connectivity index is 4.52. The molecule has 0 saturated heterocycles. The van der Waals surface area contributed by atoms with Crippen molar-refractivity contribution in [2.45, 2.75) is 245 Å². The maximum absolute atomic E-state index is 12.8. The number of ether oxygens (including phenoxy) is 3. The van der Waals surface area contributed by atoms with Crippen molar-refractivity contribution in [3.05, 3.63) is 97.2 Å². The Labute approximate surface area is 400 Å². The fourth-order valence-electron chi connectivity index (χ4n) is 6.95. The highest BCUT2D eigenvalue weighted by atomic mass is 16.6. The molecular formula is C59H98O6. The first-order chi connectivity index (χ1) is 32.0. The van der Waals surface area contributed by atoms with Gasteiger partial charge >= 0.3 is 17.9 Å². The number of unbranched alkanes of at least 4 members (excludes halogenated alkanes) is 20. The quantitative estimate of drug-likeness (QED) is 0.0262. The van der Waals surface area contributed by atoms with Gasteiger partial charge in [0.05, 0.1) is 0 Å². The van der Waals surface area contributed by atoms with Crippen molar-refractivity contribution in [3.8, 4) is 0 Å². The van der Waals surface area contributed by atoms with Crippen molar-refractivity contribution in [2.75, 3.05) is 13.2 Å². The van der Waals surface area contributed by atoms with Gasteiger partial charge in [0.1, 0.15) is 13.2 Å². The summed E-state index contributed by atoms with van der Waals surface area (Å²) in [5.41, 5.74) is 0. The van der Waals surface area contributed by atoms with Gasteiger partial charge in [-0.05, 0) is 128 Å². The highest BCUT2D eigenvalue weighted by molar-refractivity contribution is 5.71. The number of carbonyl (C=O) groups is 3. The zero-order valence-corrected chi connectivity index (χ0v) is 42.2. The van der Waals surface area contributed by atoms with E-state index in [1.807, 2.05) is 0 Å². The van der Waals surface area contributed by atoms with Crippen molar-refractivity contribution in [3.63, 3.8) is 0 Å². The van der Waals surface area contributed by atoms with Gasteiger partial charge in [0.15, 0.2) is 6.10 Å². The van der Waals surface area contributed by atoms with Gasteiger partial charge in [-0.1, -0.05) is 189 Å². The lowest BCUT2D eigenvalue weighted by Gasteiger charge is -2.18. The summed E-state index contributed by atoms with van der Waals surface area (Å²) in [4.78, 5) is 38.0. The molecule has 0 saturated carbocycles. The number of allylic oxidation sites excluding steroid dienone is 16.